The van der Waals surface area contributed by atoms with Crippen molar-refractivity contribution in [2.24, 2.45) is 5.92 Å². The predicted molar refractivity (Wildman–Crippen MR) is 109 cm³/mol. The predicted octanol–water partition coefficient (Wildman–Crippen LogP) is 3.31. The molecule has 0 radical (unpaired) electrons. The second-order valence-corrected chi connectivity index (χ2v) is 7.63. The van der Waals surface area contributed by atoms with E-state index < -0.39 is 0 Å². The van der Waals surface area contributed by atoms with Crippen LogP contribution in [0.2, 0.25) is 0 Å². The van der Waals surface area contributed by atoms with Crippen molar-refractivity contribution in [1.82, 2.24) is 19.9 Å². The van der Waals surface area contributed by atoms with E-state index in [-0.39, 0.29) is 0 Å². The summed E-state index contributed by atoms with van der Waals surface area (Å²) in [5, 5.41) is 3.61. The van der Waals surface area contributed by atoms with Crippen molar-refractivity contribution in [3.8, 4) is 11.5 Å². The molecule has 1 saturated heterocycles. The van der Waals surface area contributed by atoms with E-state index in [1.165, 1.54) is 0 Å². The standard InChI is InChI=1S/C21H31N5O/c1-15(2)13-18(26-9-11-27-12-10-26)14-23-20-16(3)17(4)24-21(25-20)19-7-5-6-8-22-19/h5-8,15,18H,9-14H2,1-4H3,(H,23,24,25). The highest BCUT2D eigenvalue weighted by atomic mass is 16.5. The fraction of sp³-hybridized carbons (Fsp3) is 0.571. The number of hydrogen-bond donors (Lipinski definition) is 1. The molecular weight excluding hydrogens is 338 g/mol. The Morgan fingerprint density at radius 1 is 1.15 bits per heavy atom. The maximum atomic E-state index is 5.53. The largest absolute Gasteiger partial charge is 0.379 e. The molecule has 3 heterocycles. The molecule has 1 aliphatic rings. The van der Waals surface area contributed by atoms with Crippen LogP contribution in [0.1, 0.15) is 31.5 Å². The maximum absolute atomic E-state index is 5.53. The van der Waals surface area contributed by atoms with Crippen LogP contribution in [-0.2, 0) is 4.74 Å². The summed E-state index contributed by atoms with van der Waals surface area (Å²) in [5.41, 5.74) is 2.88. The molecule has 146 valence electrons. The van der Waals surface area contributed by atoms with Gasteiger partial charge in [-0.25, -0.2) is 9.97 Å². The van der Waals surface area contributed by atoms with Gasteiger partial charge in [0, 0.05) is 43.1 Å². The van der Waals surface area contributed by atoms with Gasteiger partial charge in [-0.3, -0.25) is 9.88 Å². The Bertz CT molecular complexity index is 729. The summed E-state index contributed by atoms with van der Waals surface area (Å²) in [7, 11) is 0. The number of aromatic nitrogens is 3. The zero-order chi connectivity index (χ0) is 19.2. The van der Waals surface area contributed by atoms with Crippen LogP contribution < -0.4 is 5.32 Å². The maximum Gasteiger partial charge on any atom is 0.180 e. The average Bonchev–Trinajstić information content (AvgIpc) is 2.69. The first-order chi connectivity index (χ1) is 13.0. The average molecular weight is 370 g/mol. The molecule has 0 amide bonds. The van der Waals surface area contributed by atoms with Crippen LogP contribution in [0.3, 0.4) is 0 Å². The lowest BCUT2D eigenvalue weighted by Gasteiger charge is -2.35. The third-order valence-corrected chi connectivity index (χ3v) is 5.09. The molecule has 2 aromatic heterocycles. The molecule has 0 aliphatic carbocycles. The molecule has 1 atom stereocenters. The molecule has 1 N–H and O–H groups in total. The van der Waals surface area contributed by atoms with Crippen molar-refractivity contribution in [2.45, 2.75) is 40.2 Å². The van der Waals surface area contributed by atoms with E-state index in [4.69, 9.17) is 9.72 Å². The van der Waals surface area contributed by atoms with Gasteiger partial charge in [0.1, 0.15) is 11.5 Å². The molecular formula is C21H31N5O. The molecule has 3 rings (SSSR count). The topological polar surface area (TPSA) is 63.2 Å². The van der Waals surface area contributed by atoms with Crippen LogP contribution >= 0.6 is 0 Å². The number of pyridine rings is 1. The fourth-order valence-corrected chi connectivity index (χ4v) is 3.47. The van der Waals surface area contributed by atoms with Crippen molar-refractivity contribution in [2.75, 3.05) is 38.2 Å². The van der Waals surface area contributed by atoms with Crippen molar-refractivity contribution in [1.29, 1.82) is 0 Å². The van der Waals surface area contributed by atoms with E-state index in [2.05, 4.69) is 41.0 Å². The minimum atomic E-state index is 0.474. The zero-order valence-electron chi connectivity index (χ0n) is 16.9. The van der Waals surface area contributed by atoms with Crippen LogP contribution in [-0.4, -0.2) is 58.7 Å². The first-order valence-electron chi connectivity index (χ1n) is 9.87. The van der Waals surface area contributed by atoms with Gasteiger partial charge in [-0.05, 0) is 38.3 Å². The second kappa shape index (κ2) is 9.24. The number of nitrogens with one attached hydrogen (secondary N) is 1. The Labute approximate surface area is 162 Å². The van der Waals surface area contributed by atoms with Crippen LogP contribution in [0.25, 0.3) is 11.5 Å². The minimum Gasteiger partial charge on any atom is -0.379 e. The number of aryl methyl sites for hydroxylation is 1. The van der Waals surface area contributed by atoms with Gasteiger partial charge in [0.2, 0.25) is 0 Å². The Balaban J connectivity index is 1.77. The number of morpholine rings is 1. The summed E-state index contributed by atoms with van der Waals surface area (Å²) < 4.78 is 5.53. The van der Waals surface area contributed by atoms with E-state index in [0.717, 1.165) is 62.0 Å². The first-order valence-corrected chi connectivity index (χ1v) is 9.87. The number of nitrogens with zero attached hydrogens (tertiary/aromatic N) is 4. The Morgan fingerprint density at radius 2 is 1.93 bits per heavy atom. The second-order valence-electron chi connectivity index (χ2n) is 7.63. The van der Waals surface area contributed by atoms with E-state index in [0.29, 0.717) is 17.8 Å². The monoisotopic (exact) mass is 369 g/mol. The highest BCUT2D eigenvalue weighted by Crippen LogP contribution is 2.21. The number of ether oxygens (including phenoxy) is 1. The molecule has 0 aromatic carbocycles. The number of rotatable bonds is 7. The Morgan fingerprint density at radius 3 is 2.59 bits per heavy atom. The van der Waals surface area contributed by atoms with E-state index >= 15 is 0 Å². The quantitative estimate of drug-likeness (QED) is 0.808. The van der Waals surface area contributed by atoms with E-state index in [1.807, 2.05) is 25.1 Å². The molecule has 2 aromatic rings. The van der Waals surface area contributed by atoms with Gasteiger partial charge >= 0.3 is 0 Å². The van der Waals surface area contributed by atoms with Crippen molar-refractivity contribution in [3.05, 3.63) is 35.7 Å². The van der Waals surface area contributed by atoms with Crippen LogP contribution in [0.15, 0.2) is 24.4 Å². The summed E-state index contributed by atoms with van der Waals surface area (Å²) in [6, 6.07) is 6.29. The van der Waals surface area contributed by atoms with Crippen molar-refractivity contribution < 1.29 is 4.74 Å². The zero-order valence-corrected chi connectivity index (χ0v) is 16.9. The Hall–Kier alpha value is -2.05. The molecule has 6 heteroatoms. The van der Waals surface area contributed by atoms with Gasteiger partial charge in [0.15, 0.2) is 5.82 Å². The lowest BCUT2D eigenvalue weighted by Crippen LogP contribution is -2.47. The van der Waals surface area contributed by atoms with Gasteiger partial charge in [-0.1, -0.05) is 19.9 Å². The summed E-state index contributed by atoms with van der Waals surface area (Å²) in [4.78, 5) is 16.3. The summed E-state index contributed by atoms with van der Waals surface area (Å²) in [6.45, 7) is 13.2. The summed E-state index contributed by atoms with van der Waals surface area (Å²) in [5.74, 6) is 2.23. The van der Waals surface area contributed by atoms with E-state index in [1.54, 1.807) is 6.20 Å². The van der Waals surface area contributed by atoms with Crippen LogP contribution in [0, 0.1) is 19.8 Å². The van der Waals surface area contributed by atoms with Crippen LogP contribution in [0.4, 0.5) is 5.82 Å². The number of hydrogen-bond acceptors (Lipinski definition) is 6. The fourth-order valence-electron chi connectivity index (χ4n) is 3.47. The molecule has 6 nitrogen and oxygen atoms in total. The smallest absolute Gasteiger partial charge is 0.180 e. The third-order valence-electron chi connectivity index (χ3n) is 5.09. The van der Waals surface area contributed by atoms with Crippen molar-refractivity contribution in [3.63, 3.8) is 0 Å². The summed E-state index contributed by atoms with van der Waals surface area (Å²) in [6.07, 6.45) is 2.93. The molecule has 1 unspecified atom stereocenters. The highest BCUT2D eigenvalue weighted by Gasteiger charge is 2.22. The van der Waals surface area contributed by atoms with E-state index in [9.17, 15) is 0 Å². The van der Waals surface area contributed by atoms with Gasteiger partial charge in [0.05, 0.1) is 13.2 Å². The van der Waals surface area contributed by atoms with Gasteiger partial charge in [-0.2, -0.15) is 0 Å². The molecule has 0 bridgehead atoms. The van der Waals surface area contributed by atoms with Gasteiger partial charge < -0.3 is 10.1 Å². The first kappa shape index (κ1) is 19.7. The minimum absolute atomic E-state index is 0.474. The molecule has 0 spiro atoms. The molecule has 1 aliphatic heterocycles. The highest BCUT2D eigenvalue weighted by molar-refractivity contribution is 5.56. The Kier molecular flexibility index (Phi) is 6.74. The third kappa shape index (κ3) is 5.23. The lowest BCUT2D eigenvalue weighted by molar-refractivity contribution is 0.0150. The number of anilines is 1. The van der Waals surface area contributed by atoms with Crippen molar-refractivity contribution >= 4 is 5.82 Å². The van der Waals surface area contributed by atoms with Crippen LogP contribution in [0.5, 0.6) is 0 Å². The molecule has 27 heavy (non-hydrogen) atoms. The van der Waals surface area contributed by atoms with Gasteiger partial charge in [0.25, 0.3) is 0 Å². The summed E-state index contributed by atoms with van der Waals surface area (Å²) >= 11 is 0. The molecule has 1 fully saturated rings. The normalized spacial score (nSPS) is 16.5. The molecule has 0 saturated carbocycles. The lowest BCUT2D eigenvalue weighted by atomic mass is 10.0. The van der Waals surface area contributed by atoms with Gasteiger partial charge in [-0.15, -0.1) is 0 Å². The SMILES string of the molecule is Cc1nc(-c2ccccn2)nc(NCC(CC(C)C)N2CCOCC2)c1C.